The first-order chi connectivity index (χ1) is 8.56. The number of nitrogen functional groups attached to an aromatic ring is 1. The Kier molecular flexibility index (Phi) is 4.09. The zero-order valence-electron chi connectivity index (χ0n) is 10.4. The predicted octanol–water partition coefficient (Wildman–Crippen LogP) is 2.10. The van der Waals surface area contributed by atoms with E-state index in [4.69, 9.17) is 27.5 Å². The summed E-state index contributed by atoms with van der Waals surface area (Å²) in [5, 5.41) is 8.14. The van der Waals surface area contributed by atoms with Crippen LogP contribution in [0.15, 0.2) is 18.2 Å². The van der Waals surface area contributed by atoms with E-state index >= 15 is 0 Å². The summed E-state index contributed by atoms with van der Waals surface area (Å²) in [4.78, 5) is 2.28. The Bertz CT molecular complexity index is 442. The summed E-state index contributed by atoms with van der Waals surface area (Å²) < 4.78 is 5.94. The Morgan fingerprint density at radius 2 is 2.11 bits per heavy atom. The first kappa shape index (κ1) is 13.2. The van der Waals surface area contributed by atoms with Crippen LogP contribution in [-0.2, 0) is 0 Å². The highest BCUT2D eigenvalue weighted by Crippen LogP contribution is 2.26. The van der Waals surface area contributed by atoms with E-state index in [0.29, 0.717) is 16.3 Å². The molecule has 18 heavy (non-hydrogen) atoms. The normalized spacial score (nSPS) is 17.7. The number of halogens is 1. The maximum Gasteiger partial charge on any atom is 0.132 e. The molecule has 1 heterocycles. The third kappa shape index (κ3) is 3.15. The van der Waals surface area contributed by atoms with Crippen molar-refractivity contribution in [3.05, 3.63) is 28.8 Å². The van der Waals surface area contributed by atoms with E-state index in [1.807, 2.05) is 0 Å². The Labute approximate surface area is 112 Å². The van der Waals surface area contributed by atoms with E-state index in [0.717, 1.165) is 25.9 Å². The van der Waals surface area contributed by atoms with Crippen LogP contribution in [0.25, 0.3) is 0 Å². The molecule has 3 N–H and O–H groups in total. The first-order valence-electron chi connectivity index (χ1n) is 6.05. The maximum absolute atomic E-state index is 7.54. The van der Waals surface area contributed by atoms with Gasteiger partial charge in [0.2, 0.25) is 0 Å². The van der Waals surface area contributed by atoms with Gasteiger partial charge in [0, 0.05) is 18.1 Å². The molecule has 0 aromatic heterocycles. The Balaban J connectivity index is 2.12. The predicted molar refractivity (Wildman–Crippen MR) is 73.6 cm³/mol. The van der Waals surface area contributed by atoms with Gasteiger partial charge in [-0.3, -0.25) is 5.41 Å². The number of nitrogens with zero attached hydrogens (tertiary/aromatic N) is 1. The molecule has 0 aliphatic carbocycles. The van der Waals surface area contributed by atoms with Crippen LogP contribution in [-0.4, -0.2) is 37.0 Å². The number of rotatable bonds is 3. The van der Waals surface area contributed by atoms with E-state index in [2.05, 4.69) is 11.9 Å². The molecule has 2 rings (SSSR count). The second kappa shape index (κ2) is 5.59. The number of benzene rings is 1. The van der Waals surface area contributed by atoms with Crippen LogP contribution in [0.3, 0.4) is 0 Å². The Hall–Kier alpha value is -1.26. The van der Waals surface area contributed by atoms with E-state index in [-0.39, 0.29) is 11.9 Å². The quantitative estimate of drug-likeness (QED) is 0.651. The minimum Gasteiger partial charge on any atom is -0.490 e. The number of amidine groups is 1. The van der Waals surface area contributed by atoms with Crippen LogP contribution >= 0.6 is 11.6 Å². The van der Waals surface area contributed by atoms with Crippen molar-refractivity contribution in [3.63, 3.8) is 0 Å². The number of piperidine rings is 1. The van der Waals surface area contributed by atoms with Crippen LogP contribution in [0.2, 0.25) is 5.02 Å². The number of hydrogen-bond acceptors (Lipinski definition) is 3. The molecule has 1 aromatic rings. The molecule has 1 saturated heterocycles. The summed E-state index contributed by atoms with van der Waals surface area (Å²) in [7, 11) is 2.11. The number of nitrogens with one attached hydrogen (secondary N) is 1. The Morgan fingerprint density at radius 1 is 1.44 bits per heavy atom. The Morgan fingerprint density at radius 3 is 2.72 bits per heavy atom. The van der Waals surface area contributed by atoms with Crippen molar-refractivity contribution < 1.29 is 4.74 Å². The molecule has 1 fully saturated rings. The fourth-order valence-corrected chi connectivity index (χ4v) is 2.26. The average Bonchev–Trinajstić information content (AvgIpc) is 2.32. The zero-order chi connectivity index (χ0) is 13.1. The summed E-state index contributed by atoms with van der Waals surface area (Å²) in [5.41, 5.74) is 6.15. The van der Waals surface area contributed by atoms with Gasteiger partial charge < -0.3 is 15.4 Å². The SMILES string of the molecule is CN1CCC(Oc2cc(Cl)ccc2C(=N)N)CC1. The molecule has 5 heteroatoms. The smallest absolute Gasteiger partial charge is 0.132 e. The second-order valence-electron chi connectivity index (χ2n) is 4.67. The molecule has 0 bridgehead atoms. The molecule has 1 aliphatic rings. The summed E-state index contributed by atoms with van der Waals surface area (Å²) >= 11 is 5.96. The van der Waals surface area contributed by atoms with Gasteiger partial charge in [-0.15, -0.1) is 0 Å². The monoisotopic (exact) mass is 267 g/mol. The van der Waals surface area contributed by atoms with Gasteiger partial charge in [-0.1, -0.05) is 11.6 Å². The van der Waals surface area contributed by atoms with Gasteiger partial charge in [0.1, 0.15) is 17.7 Å². The molecule has 0 radical (unpaired) electrons. The van der Waals surface area contributed by atoms with Gasteiger partial charge in [-0.25, -0.2) is 0 Å². The molecular formula is C13H18ClN3O. The standard InChI is InChI=1S/C13H18ClN3O/c1-17-6-4-10(5-7-17)18-12-8-9(14)2-3-11(12)13(15)16/h2-3,8,10H,4-7H2,1H3,(H3,15,16). The number of ether oxygens (including phenoxy) is 1. The molecule has 0 atom stereocenters. The van der Waals surface area contributed by atoms with E-state index in [9.17, 15) is 0 Å². The van der Waals surface area contributed by atoms with Crippen molar-refractivity contribution in [3.8, 4) is 5.75 Å². The topological polar surface area (TPSA) is 62.3 Å². The summed E-state index contributed by atoms with van der Waals surface area (Å²) in [5.74, 6) is 0.624. The van der Waals surface area contributed by atoms with Crippen molar-refractivity contribution in [1.29, 1.82) is 5.41 Å². The number of nitrogens with two attached hydrogens (primary N) is 1. The zero-order valence-corrected chi connectivity index (χ0v) is 11.2. The third-order valence-corrected chi connectivity index (χ3v) is 3.43. The molecule has 1 aliphatic heterocycles. The fourth-order valence-electron chi connectivity index (χ4n) is 2.10. The van der Waals surface area contributed by atoms with Crippen LogP contribution in [0.4, 0.5) is 0 Å². The second-order valence-corrected chi connectivity index (χ2v) is 5.11. The van der Waals surface area contributed by atoms with E-state index in [1.165, 1.54) is 0 Å². The lowest BCUT2D eigenvalue weighted by atomic mass is 10.1. The number of likely N-dealkylation sites (tertiary alicyclic amines) is 1. The molecule has 0 amide bonds. The molecule has 0 spiro atoms. The molecule has 1 aromatic carbocycles. The van der Waals surface area contributed by atoms with Gasteiger partial charge >= 0.3 is 0 Å². The van der Waals surface area contributed by atoms with Crippen molar-refractivity contribution in [2.24, 2.45) is 5.73 Å². The van der Waals surface area contributed by atoms with Crippen LogP contribution in [0.5, 0.6) is 5.75 Å². The minimum absolute atomic E-state index is 0.00888. The van der Waals surface area contributed by atoms with Crippen LogP contribution < -0.4 is 10.5 Å². The highest BCUT2D eigenvalue weighted by atomic mass is 35.5. The fraction of sp³-hybridized carbons (Fsp3) is 0.462. The van der Waals surface area contributed by atoms with Gasteiger partial charge in [-0.05, 0) is 38.1 Å². The first-order valence-corrected chi connectivity index (χ1v) is 6.43. The van der Waals surface area contributed by atoms with Crippen LogP contribution in [0.1, 0.15) is 18.4 Å². The molecule has 0 saturated carbocycles. The van der Waals surface area contributed by atoms with Gasteiger partial charge in [0.15, 0.2) is 0 Å². The minimum atomic E-state index is 0.00888. The molecular weight excluding hydrogens is 250 g/mol. The van der Waals surface area contributed by atoms with Gasteiger partial charge in [-0.2, -0.15) is 0 Å². The summed E-state index contributed by atoms with van der Waals surface area (Å²) in [6.07, 6.45) is 2.15. The van der Waals surface area contributed by atoms with Gasteiger partial charge in [0.05, 0.1) is 5.56 Å². The lowest BCUT2D eigenvalue weighted by molar-refractivity contribution is 0.114. The van der Waals surface area contributed by atoms with Crippen molar-refractivity contribution >= 4 is 17.4 Å². The summed E-state index contributed by atoms with van der Waals surface area (Å²) in [6.45, 7) is 2.06. The largest absolute Gasteiger partial charge is 0.490 e. The van der Waals surface area contributed by atoms with Crippen molar-refractivity contribution in [1.82, 2.24) is 4.90 Å². The highest BCUT2D eigenvalue weighted by molar-refractivity contribution is 6.30. The summed E-state index contributed by atoms with van der Waals surface area (Å²) in [6, 6.07) is 5.19. The lowest BCUT2D eigenvalue weighted by Crippen LogP contribution is -2.36. The third-order valence-electron chi connectivity index (χ3n) is 3.19. The molecule has 98 valence electrons. The van der Waals surface area contributed by atoms with Crippen molar-refractivity contribution in [2.75, 3.05) is 20.1 Å². The molecule has 4 nitrogen and oxygen atoms in total. The number of hydrogen-bond donors (Lipinski definition) is 2. The highest BCUT2D eigenvalue weighted by Gasteiger charge is 2.19. The average molecular weight is 268 g/mol. The lowest BCUT2D eigenvalue weighted by Gasteiger charge is -2.29. The molecule has 0 unspecified atom stereocenters. The van der Waals surface area contributed by atoms with E-state index < -0.39 is 0 Å². The van der Waals surface area contributed by atoms with Crippen molar-refractivity contribution in [2.45, 2.75) is 18.9 Å². The van der Waals surface area contributed by atoms with E-state index in [1.54, 1.807) is 18.2 Å². The van der Waals surface area contributed by atoms with Crippen LogP contribution in [0, 0.1) is 5.41 Å². The van der Waals surface area contributed by atoms with Gasteiger partial charge in [0.25, 0.3) is 0 Å². The maximum atomic E-state index is 7.54.